The van der Waals surface area contributed by atoms with Crippen LogP contribution in [-0.4, -0.2) is 11.0 Å². The molecule has 0 aliphatic rings. The average molecular weight is 236 g/mol. The van der Waals surface area contributed by atoms with Gasteiger partial charge in [-0.1, -0.05) is 26.5 Å². The van der Waals surface area contributed by atoms with Gasteiger partial charge in [0.15, 0.2) is 0 Å². The molecule has 1 aromatic carbocycles. The van der Waals surface area contributed by atoms with E-state index in [-0.39, 0.29) is 11.7 Å². The van der Waals surface area contributed by atoms with Crippen LogP contribution in [0.2, 0.25) is 0 Å². The molecule has 0 aliphatic carbocycles. The molecule has 94 valence electrons. The fraction of sp³-hybridized carbons (Fsp3) is 0.385. The first-order valence-electron chi connectivity index (χ1n) is 5.72. The van der Waals surface area contributed by atoms with Crippen molar-refractivity contribution in [1.29, 1.82) is 0 Å². The van der Waals surface area contributed by atoms with Crippen molar-refractivity contribution in [2.75, 3.05) is 5.32 Å². The van der Waals surface area contributed by atoms with Gasteiger partial charge in [-0.05, 0) is 19.9 Å². The summed E-state index contributed by atoms with van der Waals surface area (Å²) in [5.74, 6) is 0. The summed E-state index contributed by atoms with van der Waals surface area (Å²) >= 11 is 0. The van der Waals surface area contributed by atoms with E-state index in [0.29, 0.717) is 0 Å². The van der Waals surface area contributed by atoms with Gasteiger partial charge in [-0.2, -0.15) is 0 Å². The molecule has 0 atom stereocenters. The van der Waals surface area contributed by atoms with Crippen molar-refractivity contribution in [2.45, 2.75) is 33.7 Å². The van der Waals surface area contributed by atoms with Crippen LogP contribution in [0, 0.1) is 10.1 Å². The van der Waals surface area contributed by atoms with Crippen LogP contribution in [0.3, 0.4) is 0 Å². The van der Waals surface area contributed by atoms with Crippen molar-refractivity contribution in [3.05, 3.63) is 40.5 Å². The quantitative estimate of drug-likeness (QED) is 0.633. The molecule has 0 fully saturated rings. The van der Waals surface area contributed by atoms with Crippen LogP contribution in [0.5, 0.6) is 0 Å². The molecule has 4 heteroatoms. The van der Waals surface area contributed by atoms with Gasteiger partial charge in [0.25, 0.3) is 5.69 Å². The van der Waals surface area contributed by atoms with Gasteiger partial charge in [-0.3, -0.25) is 10.1 Å². The van der Waals surface area contributed by atoms with Crippen molar-refractivity contribution in [3.63, 3.8) is 0 Å². The number of hydrogen-bond acceptors (Lipinski definition) is 3. The molecule has 0 heterocycles. The van der Waals surface area contributed by atoms with Crippen molar-refractivity contribution < 1.29 is 4.92 Å². The molecular weight excluding hydrogens is 216 g/mol. The Hall–Kier alpha value is -1.84. The van der Waals surface area contributed by atoms with Crippen LogP contribution in [-0.2, 0) is 0 Å². The lowest BCUT2D eigenvalue weighted by Gasteiger charge is -2.12. The molecular formula is C13H20N2O2. The maximum absolute atomic E-state index is 10.6. The highest BCUT2D eigenvalue weighted by Gasteiger charge is 2.08. The van der Waals surface area contributed by atoms with E-state index in [9.17, 15) is 10.1 Å². The summed E-state index contributed by atoms with van der Waals surface area (Å²) in [6.45, 7) is 11.7. The Kier molecular flexibility index (Phi) is 6.63. The number of nitrogens with zero attached hydrogens (tertiary/aromatic N) is 1. The topological polar surface area (TPSA) is 55.2 Å². The second-order valence-electron chi connectivity index (χ2n) is 3.53. The highest BCUT2D eigenvalue weighted by atomic mass is 16.6. The summed E-state index contributed by atoms with van der Waals surface area (Å²) in [5.41, 5.74) is 1.70. The number of rotatable bonds is 4. The van der Waals surface area contributed by atoms with Gasteiger partial charge in [0.2, 0.25) is 0 Å². The summed E-state index contributed by atoms with van der Waals surface area (Å²) in [6, 6.07) is 4.98. The van der Waals surface area contributed by atoms with Crippen LogP contribution in [0.4, 0.5) is 11.4 Å². The molecule has 1 aromatic rings. The minimum absolute atomic E-state index is 0.0826. The molecule has 4 nitrogen and oxygen atoms in total. The number of hydrogen-bond donors (Lipinski definition) is 1. The number of non-ortho nitro benzene ring substituents is 1. The van der Waals surface area contributed by atoms with E-state index in [1.54, 1.807) is 12.1 Å². The third-order valence-electron chi connectivity index (χ3n) is 1.91. The molecule has 0 saturated carbocycles. The zero-order valence-electron chi connectivity index (χ0n) is 10.9. The van der Waals surface area contributed by atoms with E-state index >= 15 is 0 Å². The third-order valence-corrected chi connectivity index (χ3v) is 1.91. The van der Waals surface area contributed by atoms with Crippen LogP contribution >= 0.6 is 0 Å². The highest BCUT2D eigenvalue weighted by molar-refractivity contribution is 5.68. The minimum atomic E-state index is -0.411. The van der Waals surface area contributed by atoms with E-state index in [2.05, 4.69) is 11.9 Å². The Balaban J connectivity index is 0.00000121. The van der Waals surface area contributed by atoms with Gasteiger partial charge in [0, 0.05) is 29.4 Å². The minimum Gasteiger partial charge on any atom is -0.382 e. The van der Waals surface area contributed by atoms with Gasteiger partial charge in [0.05, 0.1) is 4.92 Å². The molecule has 0 aliphatic heterocycles. The SMILES string of the molecule is C=Cc1cc([N+](=O)[O-])ccc1NC(C)C.CC. The summed E-state index contributed by atoms with van der Waals surface area (Å²) in [4.78, 5) is 10.1. The third kappa shape index (κ3) is 4.68. The maximum Gasteiger partial charge on any atom is 0.270 e. The number of benzene rings is 1. The van der Waals surface area contributed by atoms with Gasteiger partial charge in [0.1, 0.15) is 0 Å². The molecule has 0 radical (unpaired) electrons. The fourth-order valence-electron chi connectivity index (χ4n) is 1.28. The Bertz CT molecular complexity index is 387. The summed E-state index contributed by atoms with van der Waals surface area (Å²) in [5, 5.41) is 13.7. The normalized spacial score (nSPS) is 9.24. The van der Waals surface area contributed by atoms with Crippen molar-refractivity contribution in [2.24, 2.45) is 0 Å². The Morgan fingerprint density at radius 1 is 1.41 bits per heavy atom. The monoisotopic (exact) mass is 236 g/mol. The molecule has 0 bridgehead atoms. The van der Waals surface area contributed by atoms with E-state index in [4.69, 9.17) is 0 Å². The molecule has 0 spiro atoms. The van der Waals surface area contributed by atoms with Gasteiger partial charge in [-0.25, -0.2) is 0 Å². The second-order valence-corrected chi connectivity index (χ2v) is 3.53. The Labute approximate surface area is 103 Å². The number of nitrogens with one attached hydrogen (secondary N) is 1. The predicted octanol–water partition coefficient (Wildman–Crippen LogP) is 4.08. The van der Waals surface area contributed by atoms with Gasteiger partial charge in [-0.15, -0.1) is 0 Å². The standard InChI is InChI=1S/C11H14N2O2.C2H6/c1-4-9-7-10(13(14)15)5-6-11(9)12-8(2)3;1-2/h4-8,12H,1H2,2-3H3;1-2H3. The van der Waals surface area contributed by atoms with E-state index in [1.165, 1.54) is 12.1 Å². The summed E-state index contributed by atoms with van der Waals surface area (Å²) in [7, 11) is 0. The Morgan fingerprint density at radius 2 is 2.00 bits per heavy atom. The largest absolute Gasteiger partial charge is 0.382 e. The van der Waals surface area contributed by atoms with Crippen LogP contribution in [0.1, 0.15) is 33.3 Å². The molecule has 1 N–H and O–H groups in total. The highest BCUT2D eigenvalue weighted by Crippen LogP contribution is 2.23. The van der Waals surface area contributed by atoms with Crippen LogP contribution < -0.4 is 5.32 Å². The van der Waals surface area contributed by atoms with Gasteiger partial charge < -0.3 is 5.32 Å². The number of nitro benzene ring substituents is 1. The molecule has 0 aromatic heterocycles. The maximum atomic E-state index is 10.6. The van der Waals surface area contributed by atoms with Crippen molar-refractivity contribution >= 4 is 17.5 Å². The fourth-order valence-corrected chi connectivity index (χ4v) is 1.28. The lowest BCUT2D eigenvalue weighted by molar-refractivity contribution is -0.384. The van der Waals surface area contributed by atoms with E-state index < -0.39 is 4.92 Å². The van der Waals surface area contributed by atoms with E-state index in [1.807, 2.05) is 27.7 Å². The van der Waals surface area contributed by atoms with Gasteiger partial charge >= 0.3 is 0 Å². The first kappa shape index (κ1) is 15.2. The molecule has 0 unspecified atom stereocenters. The van der Waals surface area contributed by atoms with Crippen LogP contribution in [0.25, 0.3) is 6.08 Å². The molecule has 17 heavy (non-hydrogen) atoms. The second kappa shape index (κ2) is 7.44. The number of anilines is 1. The van der Waals surface area contributed by atoms with Crippen molar-refractivity contribution in [1.82, 2.24) is 0 Å². The molecule has 0 saturated heterocycles. The van der Waals surface area contributed by atoms with Crippen molar-refractivity contribution in [3.8, 4) is 0 Å². The zero-order valence-corrected chi connectivity index (χ0v) is 10.9. The first-order chi connectivity index (χ1) is 8.04. The van der Waals surface area contributed by atoms with E-state index in [0.717, 1.165) is 11.3 Å². The Morgan fingerprint density at radius 3 is 2.41 bits per heavy atom. The summed E-state index contributed by atoms with van der Waals surface area (Å²) < 4.78 is 0. The smallest absolute Gasteiger partial charge is 0.270 e. The first-order valence-corrected chi connectivity index (χ1v) is 5.72. The molecule has 0 amide bonds. The zero-order chi connectivity index (χ0) is 13.4. The predicted molar refractivity (Wildman–Crippen MR) is 73.3 cm³/mol. The average Bonchev–Trinajstić information content (AvgIpc) is 2.31. The number of nitro groups is 1. The lowest BCUT2D eigenvalue weighted by Crippen LogP contribution is -2.10. The lowest BCUT2D eigenvalue weighted by atomic mass is 10.1. The van der Waals surface area contributed by atoms with Crippen LogP contribution in [0.15, 0.2) is 24.8 Å². The summed E-state index contributed by atoms with van der Waals surface area (Å²) in [6.07, 6.45) is 1.61. The molecule has 1 rings (SSSR count).